The quantitative estimate of drug-likeness (QED) is 0.786. The standard InChI is InChI=1S/C16H24N2O3.2ClH/c1-5-13(18-8-6-17-7-9-18)12-10-14(19-2)16(21-4)15(11-12)20-3;;/h5,10-11,13,17H,1,6-9H2,2-4H3;2*1H/t13-;;/m0../s1. The monoisotopic (exact) mass is 364 g/mol. The van der Waals surface area contributed by atoms with Gasteiger partial charge in [-0.05, 0) is 17.7 Å². The molecule has 1 aromatic carbocycles. The van der Waals surface area contributed by atoms with E-state index in [-0.39, 0.29) is 30.9 Å². The summed E-state index contributed by atoms with van der Waals surface area (Å²) in [5.41, 5.74) is 1.10. The van der Waals surface area contributed by atoms with Crippen molar-refractivity contribution >= 4 is 24.8 Å². The maximum Gasteiger partial charge on any atom is 0.203 e. The van der Waals surface area contributed by atoms with Crippen LogP contribution < -0.4 is 19.5 Å². The minimum absolute atomic E-state index is 0. The topological polar surface area (TPSA) is 43.0 Å². The van der Waals surface area contributed by atoms with Gasteiger partial charge in [0.05, 0.1) is 27.4 Å². The van der Waals surface area contributed by atoms with Gasteiger partial charge in [0.15, 0.2) is 11.5 Å². The second-order valence-corrected chi connectivity index (χ2v) is 4.93. The minimum atomic E-state index is 0. The molecule has 1 aliphatic rings. The third-order valence-electron chi connectivity index (χ3n) is 3.80. The Morgan fingerprint density at radius 1 is 1.04 bits per heavy atom. The van der Waals surface area contributed by atoms with Gasteiger partial charge in [0.25, 0.3) is 0 Å². The lowest BCUT2D eigenvalue weighted by molar-refractivity contribution is 0.202. The first kappa shape index (κ1) is 21.9. The molecule has 1 heterocycles. The van der Waals surface area contributed by atoms with E-state index in [0.717, 1.165) is 31.7 Å². The summed E-state index contributed by atoms with van der Waals surface area (Å²) in [5.74, 6) is 1.97. The van der Waals surface area contributed by atoms with Crippen LogP contribution in [0, 0.1) is 0 Å². The summed E-state index contributed by atoms with van der Waals surface area (Å²) in [6.45, 7) is 7.97. The summed E-state index contributed by atoms with van der Waals surface area (Å²) in [4.78, 5) is 2.39. The second kappa shape index (κ2) is 10.6. The second-order valence-electron chi connectivity index (χ2n) is 4.93. The van der Waals surface area contributed by atoms with E-state index in [2.05, 4.69) is 16.8 Å². The molecule has 0 radical (unpaired) electrons. The molecule has 2 rings (SSSR count). The molecule has 5 nitrogen and oxygen atoms in total. The zero-order chi connectivity index (χ0) is 15.2. The van der Waals surface area contributed by atoms with Crippen molar-refractivity contribution in [1.82, 2.24) is 10.2 Å². The summed E-state index contributed by atoms with van der Waals surface area (Å²) in [6, 6.07) is 4.13. The van der Waals surface area contributed by atoms with Gasteiger partial charge in [0.1, 0.15) is 0 Å². The first-order valence-electron chi connectivity index (χ1n) is 7.12. The largest absolute Gasteiger partial charge is 0.493 e. The Bertz CT molecular complexity index is 469. The van der Waals surface area contributed by atoms with Crippen molar-refractivity contribution in [3.63, 3.8) is 0 Å². The van der Waals surface area contributed by atoms with Crippen LogP contribution in [0.2, 0.25) is 0 Å². The highest BCUT2D eigenvalue weighted by molar-refractivity contribution is 5.85. The van der Waals surface area contributed by atoms with Crippen LogP contribution in [0.3, 0.4) is 0 Å². The minimum Gasteiger partial charge on any atom is -0.493 e. The third-order valence-corrected chi connectivity index (χ3v) is 3.80. The smallest absolute Gasteiger partial charge is 0.203 e. The van der Waals surface area contributed by atoms with Gasteiger partial charge >= 0.3 is 0 Å². The fourth-order valence-corrected chi connectivity index (χ4v) is 2.73. The van der Waals surface area contributed by atoms with Gasteiger partial charge in [-0.3, -0.25) is 4.90 Å². The molecule has 1 atom stereocenters. The van der Waals surface area contributed by atoms with E-state index in [4.69, 9.17) is 14.2 Å². The van der Waals surface area contributed by atoms with Crippen LogP contribution in [0.25, 0.3) is 0 Å². The Kier molecular flexibility index (Phi) is 10.1. The Hall–Kier alpha value is -1.14. The molecule has 1 N–H and O–H groups in total. The zero-order valence-electron chi connectivity index (χ0n) is 13.8. The fraction of sp³-hybridized carbons (Fsp3) is 0.500. The molecular formula is C16H26Cl2N2O3. The number of halogens is 2. The lowest BCUT2D eigenvalue weighted by Crippen LogP contribution is -2.44. The SMILES string of the molecule is C=C[C@@H](c1cc(OC)c(OC)c(OC)c1)N1CCNCC1.Cl.Cl. The first-order valence-corrected chi connectivity index (χ1v) is 7.12. The van der Waals surface area contributed by atoms with Gasteiger partial charge in [-0.2, -0.15) is 0 Å². The number of hydrogen-bond acceptors (Lipinski definition) is 5. The van der Waals surface area contributed by atoms with E-state index in [1.54, 1.807) is 21.3 Å². The molecule has 0 unspecified atom stereocenters. The van der Waals surface area contributed by atoms with Gasteiger partial charge in [-0.25, -0.2) is 0 Å². The van der Waals surface area contributed by atoms with Crippen molar-refractivity contribution in [2.24, 2.45) is 0 Å². The van der Waals surface area contributed by atoms with E-state index < -0.39 is 0 Å². The van der Waals surface area contributed by atoms with Crippen LogP contribution in [0.5, 0.6) is 17.2 Å². The van der Waals surface area contributed by atoms with Crippen molar-refractivity contribution in [2.45, 2.75) is 6.04 Å². The van der Waals surface area contributed by atoms with Crippen LogP contribution in [0.4, 0.5) is 0 Å². The number of piperazine rings is 1. The average Bonchev–Trinajstić information content (AvgIpc) is 2.55. The highest BCUT2D eigenvalue weighted by Gasteiger charge is 2.22. The number of methoxy groups -OCH3 is 3. The van der Waals surface area contributed by atoms with Crippen LogP contribution in [0.1, 0.15) is 11.6 Å². The van der Waals surface area contributed by atoms with Crippen LogP contribution in [0.15, 0.2) is 24.8 Å². The normalized spacial score (nSPS) is 15.6. The maximum absolute atomic E-state index is 5.43. The molecule has 0 spiro atoms. The highest BCUT2D eigenvalue weighted by Crippen LogP contribution is 2.40. The predicted molar refractivity (Wildman–Crippen MR) is 98.0 cm³/mol. The van der Waals surface area contributed by atoms with E-state index in [9.17, 15) is 0 Å². The lowest BCUT2D eigenvalue weighted by Gasteiger charge is -2.33. The molecular weight excluding hydrogens is 339 g/mol. The maximum atomic E-state index is 5.43. The third kappa shape index (κ3) is 4.91. The number of ether oxygens (including phenoxy) is 3. The predicted octanol–water partition coefficient (Wildman–Crippen LogP) is 2.69. The Morgan fingerprint density at radius 2 is 1.57 bits per heavy atom. The van der Waals surface area contributed by atoms with Crippen LogP contribution in [-0.2, 0) is 0 Å². The summed E-state index contributed by atoms with van der Waals surface area (Å²) >= 11 is 0. The Morgan fingerprint density at radius 3 is 1.96 bits per heavy atom. The van der Waals surface area contributed by atoms with E-state index in [1.165, 1.54) is 0 Å². The number of nitrogens with one attached hydrogen (secondary N) is 1. The summed E-state index contributed by atoms with van der Waals surface area (Å²) in [6.07, 6.45) is 1.96. The molecule has 1 fully saturated rings. The molecule has 0 saturated carbocycles. The van der Waals surface area contributed by atoms with Gasteiger partial charge in [0.2, 0.25) is 5.75 Å². The molecule has 0 aliphatic carbocycles. The Balaban J connectivity index is 0.00000242. The van der Waals surface area contributed by atoms with Crippen molar-refractivity contribution in [2.75, 3.05) is 47.5 Å². The van der Waals surface area contributed by atoms with Gasteiger partial charge in [0, 0.05) is 26.2 Å². The van der Waals surface area contributed by atoms with E-state index >= 15 is 0 Å². The molecule has 132 valence electrons. The van der Waals surface area contributed by atoms with Crippen molar-refractivity contribution < 1.29 is 14.2 Å². The molecule has 7 heteroatoms. The number of benzene rings is 1. The number of hydrogen-bond donors (Lipinski definition) is 1. The summed E-state index contributed by atoms with van der Waals surface area (Å²) < 4.78 is 16.2. The molecule has 0 amide bonds. The van der Waals surface area contributed by atoms with Crippen molar-refractivity contribution in [1.29, 1.82) is 0 Å². The number of rotatable bonds is 6. The average molecular weight is 365 g/mol. The molecule has 23 heavy (non-hydrogen) atoms. The highest BCUT2D eigenvalue weighted by atomic mass is 35.5. The Labute approximate surface area is 150 Å². The van der Waals surface area contributed by atoms with Gasteiger partial charge in [-0.15, -0.1) is 31.4 Å². The molecule has 1 aromatic rings. The van der Waals surface area contributed by atoms with Crippen LogP contribution in [-0.4, -0.2) is 52.4 Å². The number of nitrogens with zero attached hydrogens (tertiary/aromatic N) is 1. The fourth-order valence-electron chi connectivity index (χ4n) is 2.73. The molecule has 0 aromatic heterocycles. The lowest BCUT2D eigenvalue weighted by atomic mass is 10.0. The molecule has 1 saturated heterocycles. The first-order chi connectivity index (χ1) is 10.2. The van der Waals surface area contributed by atoms with Crippen LogP contribution >= 0.6 is 24.8 Å². The van der Waals surface area contributed by atoms with Gasteiger partial charge < -0.3 is 19.5 Å². The van der Waals surface area contributed by atoms with E-state index in [0.29, 0.717) is 17.2 Å². The molecule has 0 bridgehead atoms. The molecule has 1 aliphatic heterocycles. The summed E-state index contributed by atoms with van der Waals surface area (Å²) in [5, 5.41) is 3.36. The summed E-state index contributed by atoms with van der Waals surface area (Å²) in [7, 11) is 4.88. The zero-order valence-corrected chi connectivity index (χ0v) is 15.5. The van der Waals surface area contributed by atoms with Crippen molar-refractivity contribution in [3.05, 3.63) is 30.4 Å². The van der Waals surface area contributed by atoms with Crippen molar-refractivity contribution in [3.8, 4) is 17.2 Å². The van der Waals surface area contributed by atoms with E-state index in [1.807, 2.05) is 18.2 Å². The van der Waals surface area contributed by atoms with Gasteiger partial charge in [-0.1, -0.05) is 6.08 Å².